The minimum atomic E-state index is -1.19. The summed E-state index contributed by atoms with van der Waals surface area (Å²) >= 11 is 0. The van der Waals surface area contributed by atoms with Crippen molar-refractivity contribution >= 4 is 5.97 Å². The molecule has 1 fully saturated rings. The van der Waals surface area contributed by atoms with Crippen LogP contribution in [-0.4, -0.2) is 40.7 Å². The number of carboxylic acid groups (broad SMARTS) is 1. The number of rotatable bonds is 8. The smallest absolute Gasteiger partial charge is 0.328 e. The fraction of sp³-hybridized carbons (Fsp3) is 0.450. The first-order valence-corrected chi connectivity index (χ1v) is 9.58. The Labute approximate surface area is 171 Å². The predicted molar refractivity (Wildman–Crippen MR) is 101 cm³/mol. The number of aliphatic carboxylic acids is 1. The molecule has 2 aromatic rings. The zero-order valence-corrected chi connectivity index (χ0v) is 16.3. The van der Waals surface area contributed by atoms with Gasteiger partial charge in [0.2, 0.25) is 11.6 Å². The number of nitrogens with zero attached hydrogens (tertiary/aromatic N) is 2. The van der Waals surface area contributed by atoms with Crippen LogP contribution in [0.5, 0.6) is 17.2 Å². The Hall–Kier alpha value is -3.01. The van der Waals surface area contributed by atoms with Crippen LogP contribution in [0.1, 0.15) is 32.2 Å². The molecule has 0 saturated carbocycles. The van der Waals surface area contributed by atoms with E-state index < -0.39 is 35.0 Å². The molecule has 0 radical (unpaired) electrons. The van der Waals surface area contributed by atoms with Gasteiger partial charge in [0.25, 0.3) is 5.56 Å². The van der Waals surface area contributed by atoms with Crippen LogP contribution in [0.2, 0.25) is 0 Å². The van der Waals surface area contributed by atoms with Crippen molar-refractivity contribution in [2.75, 3.05) is 19.8 Å². The van der Waals surface area contributed by atoms with Crippen LogP contribution in [0.4, 0.5) is 8.78 Å². The molecule has 1 unspecified atom stereocenters. The molecular weight excluding hydrogens is 402 g/mol. The molecule has 162 valence electrons. The van der Waals surface area contributed by atoms with Crippen LogP contribution in [0.3, 0.4) is 0 Å². The molecular formula is C20H22F2N2O6. The zero-order chi connectivity index (χ0) is 21.7. The van der Waals surface area contributed by atoms with Crippen molar-refractivity contribution in [2.24, 2.45) is 5.92 Å². The second-order valence-corrected chi connectivity index (χ2v) is 6.84. The molecule has 1 aromatic heterocycles. The van der Waals surface area contributed by atoms with Crippen molar-refractivity contribution in [1.29, 1.82) is 0 Å². The maximum atomic E-state index is 14.4. The number of benzene rings is 1. The monoisotopic (exact) mass is 424 g/mol. The van der Waals surface area contributed by atoms with Gasteiger partial charge in [0, 0.05) is 19.3 Å². The lowest BCUT2D eigenvalue weighted by molar-refractivity contribution is -0.142. The first kappa shape index (κ1) is 21.7. The highest BCUT2D eigenvalue weighted by atomic mass is 19.1. The Bertz CT molecular complexity index is 959. The lowest BCUT2D eigenvalue weighted by Gasteiger charge is -2.25. The summed E-state index contributed by atoms with van der Waals surface area (Å²) in [6.07, 6.45) is 2.68. The average Bonchev–Trinajstić information content (AvgIpc) is 2.73. The maximum absolute atomic E-state index is 14.4. The fourth-order valence-electron chi connectivity index (χ4n) is 3.29. The van der Waals surface area contributed by atoms with Gasteiger partial charge in [0.15, 0.2) is 23.4 Å². The van der Waals surface area contributed by atoms with E-state index in [4.69, 9.17) is 14.2 Å². The highest BCUT2D eigenvalue weighted by Crippen LogP contribution is 2.33. The van der Waals surface area contributed by atoms with E-state index in [1.807, 2.05) is 0 Å². The minimum absolute atomic E-state index is 0.0916. The van der Waals surface area contributed by atoms with Crippen molar-refractivity contribution in [1.82, 2.24) is 9.78 Å². The summed E-state index contributed by atoms with van der Waals surface area (Å²) < 4.78 is 44.8. The van der Waals surface area contributed by atoms with Crippen LogP contribution in [0.15, 0.2) is 29.2 Å². The van der Waals surface area contributed by atoms with Gasteiger partial charge in [0.05, 0.1) is 12.8 Å². The van der Waals surface area contributed by atoms with Gasteiger partial charge >= 0.3 is 5.97 Å². The Morgan fingerprint density at radius 3 is 2.73 bits per heavy atom. The first-order valence-electron chi connectivity index (χ1n) is 9.58. The molecule has 1 aliphatic heterocycles. The fourth-order valence-corrected chi connectivity index (χ4v) is 3.29. The first-order chi connectivity index (χ1) is 14.4. The second-order valence-electron chi connectivity index (χ2n) is 6.84. The number of aromatic nitrogens is 2. The van der Waals surface area contributed by atoms with E-state index in [1.54, 1.807) is 6.92 Å². The van der Waals surface area contributed by atoms with Gasteiger partial charge in [-0.05, 0) is 44.2 Å². The Morgan fingerprint density at radius 1 is 1.37 bits per heavy atom. The lowest BCUT2D eigenvalue weighted by Crippen LogP contribution is -2.33. The molecule has 1 N–H and O–H groups in total. The number of ether oxygens (including phenoxy) is 3. The Balaban J connectivity index is 1.83. The standard InChI is InChI=1S/C20H22F2N2O6/c1-2-29-16-4-3-14(21)19(18(16)22)30-13-10-17(25)24(23-11-13)15(20(26)27)9-12-5-7-28-8-6-12/h3-4,10-12,15H,2,5-9H2,1H3,(H,26,27). The van der Waals surface area contributed by atoms with Gasteiger partial charge < -0.3 is 19.3 Å². The van der Waals surface area contributed by atoms with Gasteiger partial charge in [-0.25, -0.2) is 13.9 Å². The number of halogens is 2. The van der Waals surface area contributed by atoms with Gasteiger partial charge in [-0.2, -0.15) is 9.49 Å². The number of carbonyl (C=O) groups is 1. The third kappa shape index (κ3) is 4.93. The summed E-state index contributed by atoms with van der Waals surface area (Å²) in [5.41, 5.74) is -0.756. The van der Waals surface area contributed by atoms with Crippen molar-refractivity contribution < 1.29 is 32.9 Å². The van der Waals surface area contributed by atoms with Crippen LogP contribution in [0.25, 0.3) is 0 Å². The molecule has 0 spiro atoms. The topological polar surface area (TPSA) is 99.9 Å². The molecule has 0 aliphatic carbocycles. The van der Waals surface area contributed by atoms with Crippen LogP contribution in [0, 0.1) is 17.6 Å². The number of hydrogen-bond donors (Lipinski definition) is 1. The van der Waals surface area contributed by atoms with Crippen molar-refractivity contribution in [3.8, 4) is 17.2 Å². The average molecular weight is 424 g/mol. The van der Waals surface area contributed by atoms with Gasteiger partial charge in [-0.1, -0.05) is 0 Å². The number of hydrogen-bond acceptors (Lipinski definition) is 6. The normalized spacial score (nSPS) is 15.6. The van der Waals surface area contributed by atoms with Gasteiger partial charge in [-0.3, -0.25) is 4.79 Å². The maximum Gasteiger partial charge on any atom is 0.328 e. The van der Waals surface area contributed by atoms with E-state index in [9.17, 15) is 23.5 Å². The lowest BCUT2D eigenvalue weighted by atomic mass is 9.92. The summed E-state index contributed by atoms with van der Waals surface area (Å²) in [7, 11) is 0. The molecule has 1 saturated heterocycles. The van der Waals surface area contributed by atoms with Crippen LogP contribution < -0.4 is 15.0 Å². The molecule has 1 aromatic carbocycles. The molecule has 1 aliphatic rings. The summed E-state index contributed by atoms with van der Waals surface area (Å²) in [5, 5.41) is 13.4. The third-order valence-electron chi connectivity index (χ3n) is 4.81. The largest absolute Gasteiger partial charge is 0.491 e. The predicted octanol–water partition coefficient (Wildman–Crippen LogP) is 3.15. The highest BCUT2D eigenvalue weighted by molar-refractivity contribution is 5.71. The van der Waals surface area contributed by atoms with E-state index in [0.717, 1.165) is 29.1 Å². The Morgan fingerprint density at radius 2 is 2.10 bits per heavy atom. The van der Waals surface area contributed by atoms with Crippen LogP contribution in [-0.2, 0) is 9.53 Å². The Kier molecular flexibility index (Phi) is 6.99. The highest BCUT2D eigenvalue weighted by Gasteiger charge is 2.28. The third-order valence-corrected chi connectivity index (χ3v) is 4.81. The molecule has 1 atom stereocenters. The molecule has 30 heavy (non-hydrogen) atoms. The van der Waals surface area contributed by atoms with E-state index in [2.05, 4.69) is 5.10 Å². The second kappa shape index (κ2) is 9.66. The molecule has 3 rings (SSSR count). The van der Waals surface area contributed by atoms with E-state index in [0.29, 0.717) is 26.1 Å². The summed E-state index contributed by atoms with van der Waals surface area (Å²) in [6.45, 7) is 2.91. The molecule has 2 heterocycles. The van der Waals surface area contributed by atoms with E-state index in [-0.39, 0.29) is 30.4 Å². The van der Waals surface area contributed by atoms with Crippen molar-refractivity contribution in [2.45, 2.75) is 32.2 Å². The van der Waals surface area contributed by atoms with Crippen molar-refractivity contribution in [3.63, 3.8) is 0 Å². The molecule has 10 heteroatoms. The zero-order valence-electron chi connectivity index (χ0n) is 16.3. The molecule has 0 bridgehead atoms. The van der Waals surface area contributed by atoms with Crippen LogP contribution >= 0.6 is 0 Å². The molecule has 0 amide bonds. The van der Waals surface area contributed by atoms with Gasteiger partial charge in [-0.15, -0.1) is 0 Å². The molecule has 8 nitrogen and oxygen atoms in total. The van der Waals surface area contributed by atoms with Gasteiger partial charge in [0.1, 0.15) is 0 Å². The van der Waals surface area contributed by atoms with Crippen molar-refractivity contribution in [3.05, 3.63) is 46.4 Å². The summed E-state index contributed by atoms with van der Waals surface area (Å²) in [5.74, 6) is -4.29. The quantitative estimate of drug-likeness (QED) is 0.695. The van der Waals surface area contributed by atoms with E-state index in [1.165, 1.54) is 0 Å². The summed E-state index contributed by atoms with van der Waals surface area (Å²) in [6, 6.07) is 1.89. The minimum Gasteiger partial charge on any atom is -0.491 e. The summed E-state index contributed by atoms with van der Waals surface area (Å²) in [4.78, 5) is 24.2. The van der Waals surface area contributed by atoms with E-state index >= 15 is 0 Å². The SMILES string of the molecule is CCOc1ccc(F)c(Oc2cnn(C(CC3CCOCC3)C(=O)O)c(=O)c2)c1F. The number of carboxylic acids is 1.